The van der Waals surface area contributed by atoms with Crippen LogP contribution in [0.15, 0.2) is 11.7 Å². The Kier molecular flexibility index (Phi) is 3.46. The highest BCUT2D eigenvalue weighted by molar-refractivity contribution is 7.11. The average molecular weight is 256 g/mol. The highest BCUT2D eigenvalue weighted by atomic mass is 32.1. The second-order valence-corrected chi connectivity index (χ2v) is 5.62. The van der Waals surface area contributed by atoms with Gasteiger partial charge in [0.15, 0.2) is 0 Å². The van der Waals surface area contributed by atoms with Crippen molar-refractivity contribution in [3.8, 4) is 0 Å². The van der Waals surface area contributed by atoms with Gasteiger partial charge in [0.1, 0.15) is 4.88 Å². The lowest BCUT2D eigenvalue weighted by Crippen LogP contribution is -2.55. The van der Waals surface area contributed by atoms with Crippen LogP contribution in [-0.2, 0) is 4.74 Å². The molecule has 1 N–H and O–H groups in total. The number of amides is 1. The third-order valence-electron chi connectivity index (χ3n) is 2.62. The van der Waals surface area contributed by atoms with Crippen LogP contribution in [-0.4, -0.2) is 52.3 Å². The van der Waals surface area contributed by atoms with Crippen LogP contribution in [0.1, 0.15) is 23.5 Å². The van der Waals surface area contributed by atoms with Gasteiger partial charge in [-0.2, -0.15) is 0 Å². The molecule has 0 aromatic carbocycles. The van der Waals surface area contributed by atoms with Crippen LogP contribution in [0.2, 0.25) is 0 Å². The summed E-state index contributed by atoms with van der Waals surface area (Å²) in [5, 5.41) is 9.18. The topological polar surface area (TPSA) is 62.7 Å². The third-order valence-corrected chi connectivity index (χ3v) is 3.38. The lowest BCUT2D eigenvalue weighted by atomic mass is 10.1. The second kappa shape index (κ2) is 4.72. The molecule has 94 valence electrons. The van der Waals surface area contributed by atoms with E-state index < -0.39 is 5.60 Å². The number of morpholine rings is 1. The van der Waals surface area contributed by atoms with Crippen molar-refractivity contribution in [1.82, 2.24) is 9.88 Å². The number of aliphatic hydroxyl groups excluding tert-OH is 1. The van der Waals surface area contributed by atoms with Gasteiger partial charge in [0.2, 0.25) is 0 Å². The maximum Gasteiger partial charge on any atom is 0.265 e. The van der Waals surface area contributed by atoms with Gasteiger partial charge in [0.25, 0.3) is 5.91 Å². The van der Waals surface area contributed by atoms with Gasteiger partial charge in [0, 0.05) is 13.1 Å². The highest BCUT2D eigenvalue weighted by Crippen LogP contribution is 2.23. The number of nitrogens with zero attached hydrogens (tertiary/aromatic N) is 2. The fourth-order valence-electron chi connectivity index (χ4n) is 2.02. The van der Waals surface area contributed by atoms with E-state index in [9.17, 15) is 9.90 Å². The molecule has 1 aromatic rings. The molecular weight excluding hydrogens is 240 g/mol. The van der Waals surface area contributed by atoms with E-state index in [1.807, 2.05) is 13.8 Å². The first kappa shape index (κ1) is 12.5. The number of rotatable bonds is 2. The molecule has 1 amide bonds. The highest BCUT2D eigenvalue weighted by Gasteiger charge is 2.35. The standard InChI is InChI=1S/C11H16N2O3S/c1-11(2)6-13(4-8(5-14)16-11)10(15)9-3-12-7-17-9/h3,7-8,14H,4-6H2,1-2H3. The summed E-state index contributed by atoms with van der Waals surface area (Å²) < 4.78 is 5.66. The van der Waals surface area contributed by atoms with Gasteiger partial charge in [-0.05, 0) is 13.8 Å². The summed E-state index contributed by atoms with van der Waals surface area (Å²) in [6.07, 6.45) is 1.26. The van der Waals surface area contributed by atoms with Crippen molar-refractivity contribution >= 4 is 17.2 Å². The minimum atomic E-state index is -0.425. The smallest absolute Gasteiger partial charge is 0.265 e. The zero-order chi connectivity index (χ0) is 12.5. The number of carbonyl (C=O) groups is 1. The number of hydrogen-bond acceptors (Lipinski definition) is 5. The van der Waals surface area contributed by atoms with Crippen LogP contribution in [0.5, 0.6) is 0 Å². The third kappa shape index (κ3) is 2.83. The molecule has 1 saturated heterocycles. The molecule has 1 aliphatic heterocycles. The summed E-state index contributed by atoms with van der Waals surface area (Å²) in [6, 6.07) is 0. The largest absolute Gasteiger partial charge is 0.394 e. The molecular formula is C11H16N2O3S. The van der Waals surface area contributed by atoms with Crippen molar-refractivity contribution in [1.29, 1.82) is 0 Å². The van der Waals surface area contributed by atoms with E-state index in [1.165, 1.54) is 11.3 Å². The summed E-state index contributed by atoms with van der Waals surface area (Å²) in [7, 11) is 0. The van der Waals surface area contributed by atoms with E-state index in [1.54, 1.807) is 16.6 Å². The van der Waals surface area contributed by atoms with Crippen LogP contribution in [0.4, 0.5) is 0 Å². The predicted octanol–water partition coefficient (Wildman–Crippen LogP) is 0.755. The number of aliphatic hydroxyl groups is 1. The van der Waals surface area contributed by atoms with Crippen LogP contribution < -0.4 is 0 Å². The van der Waals surface area contributed by atoms with Crippen LogP contribution in [0, 0.1) is 0 Å². The van der Waals surface area contributed by atoms with Gasteiger partial charge in [-0.25, -0.2) is 0 Å². The summed E-state index contributed by atoms with van der Waals surface area (Å²) >= 11 is 1.33. The molecule has 17 heavy (non-hydrogen) atoms. The van der Waals surface area contributed by atoms with Crippen molar-refractivity contribution < 1.29 is 14.6 Å². The molecule has 5 nitrogen and oxygen atoms in total. The quantitative estimate of drug-likeness (QED) is 0.848. The first-order valence-corrected chi connectivity index (χ1v) is 6.36. The molecule has 0 bridgehead atoms. The first-order chi connectivity index (χ1) is 8.02. The molecule has 1 aromatic heterocycles. The Balaban J connectivity index is 2.12. The molecule has 1 aliphatic rings. The summed E-state index contributed by atoms with van der Waals surface area (Å²) in [6.45, 7) is 4.72. The summed E-state index contributed by atoms with van der Waals surface area (Å²) in [5.74, 6) is -0.0395. The lowest BCUT2D eigenvalue weighted by Gasteiger charge is -2.42. The summed E-state index contributed by atoms with van der Waals surface area (Å²) in [5.41, 5.74) is 1.22. The Hall–Kier alpha value is -0.980. The van der Waals surface area contributed by atoms with E-state index in [-0.39, 0.29) is 18.6 Å². The number of hydrogen-bond donors (Lipinski definition) is 1. The first-order valence-electron chi connectivity index (χ1n) is 5.48. The zero-order valence-corrected chi connectivity index (χ0v) is 10.7. The number of aromatic nitrogens is 1. The number of thiazole rings is 1. The van der Waals surface area contributed by atoms with Crippen molar-refractivity contribution in [2.24, 2.45) is 0 Å². The Morgan fingerprint density at radius 2 is 2.53 bits per heavy atom. The molecule has 2 rings (SSSR count). The fourth-order valence-corrected chi connectivity index (χ4v) is 2.61. The van der Waals surface area contributed by atoms with Gasteiger partial charge in [-0.3, -0.25) is 9.78 Å². The van der Waals surface area contributed by atoms with E-state index in [0.717, 1.165) is 0 Å². The minimum Gasteiger partial charge on any atom is -0.394 e. The van der Waals surface area contributed by atoms with Crippen LogP contribution >= 0.6 is 11.3 Å². The number of ether oxygens (including phenoxy) is 1. The van der Waals surface area contributed by atoms with Crippen molar-refractivity contribution in [2.45, 2.75) is 25.6 Å². The normalized spacial score (nSPS) is 23.7. The van der Waals surface area contributed by atoms with Gasteiger partial charge in [-0.15, -0.1) is 11.3 Å². The number of carbonyl (C=O) groups excluding carboxylic acids is 1. The average Bonchev–Trinajstić information content (AvgIpc) is 2.79. The Morgan fingerprint density at radius 1 is 1.76 bits per heavy atom. The van der Waals surface area contributed by atoms with Crippen molar-refractivity contribution in [3.63, 3.8) is 0 Å². The van der Waals surface area contributed by atoms with Gasteiger partial charge >= 0.3 is 0 Å². The van der Waals surface area contributed by atoms with Gasteiger partial charge < -0.3 is 14.7 Å². The molecule has 0 spiro atoms. The Labute approximate surface area is 104 Å². The van der Waals surface area contributed by atoms with Gasteiger partial charge in [-0.1, -0.05) is 0 Å². The SMILES string of the molecule is CC1(C)CN(C(=O)c2cncs2)CC(CO)O1. The Bertz CT molecular complexity index is 391. The molecule has 1 atom stereocenters. The lowest BCUT2D eigenvalue weighted by molar-refractivity contribution is -0.139. The summed E-state index contributed by atoms with van der Waals surface area (Å²) in [4.78, 5) is 18.4. The molecule has 0 saturated carbocycles. The molecule has 1 unspecified atom stereocenters. The van der Waals surface area contributed by atoms with Crippen LogP contribution in [0.25, 0.3) is 0 Å². The monoisotopic (exact) mass is 256 g/mol. The molecule has 1 fully saturated rings. The van der Waals surface area contributed by atoms with Gasteiger partial charge in [0.05, 0.1) is 30.0 Å². The molecule has 6 heteroatoms. The fraction of sp³-hybridized carbons (Fsp3) is 0.636. The molecule has 0 aliphatic carbocycles. The maximum absolute atomic E-state index is 12.2. The van der Waals surface area contributed by atoms with Crippen molar-refractivity contribution in [2.75, 3.05) is 19.7 Å². The minimum absolute atomic E-state index is 0.0395. The van der Waals surface area contributed by atoms with Crippen molar-refractivity contribution in [3.05, 3.63) is 16.6 Å². The van der Waals surface area contributed by atoms with Crippen LogP contribution in [0.3, 0.4) is 0 Å². The second-order valence-electron chi connectivity index (χ2n) is 4.73. The molecule has 2 heterocycles. The maximum atomic E-state index is 12.2. The predicted molar refractivity (Wildman–Crippen MR) is 64.1 cm³/mol. The Morgan fingerprint density at radius 3 is 3.12 bits per heavy atom. The van der Waals surface area contributed by atoms with E-state index in [4.69, 9.17) is 4.74 Å². The van der Waals surface area contributed by atoms with E-state index >= 15 is 0 Å². The molecule has 0 radical (unpaired) electrons. The van der Waals surface area contributed by atoms with E-state index in [2.05, 4.69) is 4.98 Å². The zero-order valence-electron chi connectivity index (χ0n) is 9.92. The van der Waals surface area contributed by atoms with E-state index in [0.29, 0.717) is 18.0 Å².